The fourth-order valence-corrected chi connectivity index (χ4v) is 4.44. The maximum absolute atomic E-state index is 12.9. The third kappa shape index (κ3) is 3.42. The molecule has 0 spiro atoms. The topological polar surface area (TPSA) is 42.3 Å². The Bertz CT molecular complexity index is 1160. The van der Waals surface area contributed by atoms with Crippen LogP contribution < -0.4 is 4.90 Å². The minimum Gasteiger partial charge on any atom is -0.318 e. The molecule has 4 nitrogen and oxygen atoms in total. The molecular formula is C24H22N2O2S. The van der Waals surface area contributed by atoms with Gasteiger partial charge in [0, 0.05) is 17.1 Å². The first kappa shape index (κ1) is 19.3. The van der Waals surface area contributed by atoms with E-state index in [1.54, 1.807) is 12.1 Å². The molecule has 2 amide bonds. The molecule has 2 heterocycles. The summed E-state index contributed by atoms with van der Waals surface area (Å²) < 4.78 is 2.18. The first-order chi connectivity index (χ1) is 13.9. The van der Waals surface area contributed by atoms with E-state index in [4.69, 9.17) is 0 Å². The number of thioether (sulfide) groups is 1. The molecule has 0 radical (unpaired) electrons. The molecule has 0 atom stereocenters. The minimum absolute atomic E-state index is 0.268. The second-order valence-corrected chi connectivity index (χ2v) is 8.28. The number of carbonyl (C=O) groups excluding carboxylic acids is 2. The number of nitrogens with zero attached hydrogens (tertiary/aromatic N) is 2. The van der Waals surface area contributed by atoms with Crippen molar-refractivity contribution in [2.24, 2.45) is 0 Å². The molecule has 146 valence electrons. The van der Waals surface area contributed by atoms with E-state index in [0.717, 1.165) is 34.4 Å². The number of para-hydroxylation sites is 1. The summed E-state index contributed by atoms with van der Waals surface area (Å²) >= 11 is 0.985. The molecule has 2 aromatic carbocycles. The van der Waals surface area contributed by atoms with Crippen LogP contribution >= 0.6 is 11.8 Å². The molecule has 0 unspecified atom stereocenters. The summed E-state index contributed by atoms with van der Waals surface area (Å²) in [6.45, 7) is 8.29. The predicted octanol–water partition coefficient (Wildman–Crippen LogP) is 5.95. The number of rotatable bonds is 3. The highest BCUT2D eigenvalue weighted by Gasteiger charge is 2.36. The first-order valence-corrected chi connectivity index (χ1v) is 10.3. The zero-order valence-corrected chi connectivity index (χ0v) is 17.7. The smallest absolute Gasteiger partial charge is 0.298 e. The lowest BCUT2D eigenvalue weighted by atomic mass is 10.1. The molecule has 5 heteroatoms. The second kappa shape index (κ2) is 7.41. The molecule has 1 fully saturated rings. The standard InChI is InChI=1S/C24H22N2O2S/c1-15-10-11-21(12-16(15)2)25-17(3)13-19(18(25)4)14-22-23(27)26(24(28)29-22)20-8-6-5-7-9-20/h5-14H,1-4H3. The molecular weight excluding hydrogens is 380 g/mol. The molecule has 0 saturated carbocycles. The summed E-state index contributed by atoms with van der Waals surface area (Å²) in [4.78, 5) is 27.0. The van der Waals surface area contributed by atoms with Crippen molar-refractivity contribution in [3.05, 3.63) is 87.6 Å². The summed E-state index contributed by atoms with van der Waals surface area (Å²) in [5, 5.41) is -0.268. The maximum Gasteiger partial charge on any atom is 0.298 e. The number of benzene rings is 2. The Balaban J connectivity index is 1.71. The van der Waals surface area contributed by atoms with Crippen LogP contribution in [0.4, 0.5) is 10.5 Å². The van der Waals surface area contributed by atoms with Gasteiger partial charge in [0.15, 0.2) is 0 Å². The Morgan fingerprint density at radius 1 is 0.828 bits per heavy atom. The van der Waals surface area contributed by atoms with Crippen LogP contribution in [-0.2, 0) is 4.79 Å². The van der Waals surface area contributed by atoms with Gasteiger partial charge in [-0.3, -0.25) is 9.59 Å². The van der Waals surface area contributed by atoms with Gasteiger partial charge in [0.2, 0.25) is 0 Å². The van der Waals surface area contributed by atoms with Crippen LogP contribution in [0, 0.1) is 27.7 Å². The van der Waals surface area contributed by atoms with Gasteiger partial charge in [-0.2, -0.15) is 0 Å². The van der Waals surface area contributed by atoms with Crippen LogP contribution in [0.3, 0.4) is 0 Å². The summed E-state index contributed by atoms with van der Waals surface area (Å²) in [6.07, 6.45) is 1.83. The number of aromatic nitrogens is 1. The molecule has 0 bridgehead atoms. The number of hydrogen-bond acceptors (Lipinski definition) is 3. The quantitative estimate of drug-likeness (QED) is 0.508. The van der Waals surface area contributed by atoms with Crippen molar-refractivity contribution in [1.82, 2.24) is 4.57 Å². The lowest BCUT2D eigenvalue weighted by molar-refractivity contribution is -0.113. The molecule has 1 saturated heterocycles. The lowest BCUT2D eigenvalue weighted by Gasteiger charge is -2.12. The zero-order chi connectivity index (χ0) is 20.7. The van der Waals surface area contributed by atoms with Crippen LogP contribution in [-0.4, -0.2) is 15.7 Å². The average Bonchev–Trinajstić information content (AvgIpc) is 3.13. The summed E-state index contributed by atoms with van der Waals surface area (Å²) in [5.41, 5.74) is 7.25. The normalized spacial score (nSPS) is 15.6. The average molecular weight is 403 g/mol. The van der Waals surface area contributed by atoms with Gasteiger partial charge in [-0.15, -0.1) is 0 Å². The van der Waals surface area contributed by atoms with Gasteiger partial charge < -0.3 is 4.57 Å². The van der Waals surface area contributed by atoms with Crippen LogP contribution in [0.1, 0.15) is 28.1 Å². The van der Waals surface area contributed by atoms with E-state index < -0.39 is 0 Å². The fraction of sp³-hybridized carbons (Fsp3) is 0.167. The van der Waals surface area contributed by atoms with Crippen molar-refractivity contribution >= 4 is 34.7 Å². The van der Waals surface area contributed by atoms with Crippen molar-refractivity contribution in [3.63, 3.8) is 0 Å². The van der Waals surface area contributed by atoms with Crippen LogP contribution in [0.15, 0.2) is 59.5 Å². The Labute approximate surface area is 174 Å². The highest BCUT2D eigenvalue weighted by atomic mass is 32.2. The molecule has 0 N–H and O–H groups in total. The van der Waals surface area contributed by atoms with Gasteiger partial charge in [-0.1, -0.05) is 24.3 Å². The number of anilines is 1. The first-order valence-electron chi connectivity index (χ1n) is 9.46. The monoisotopic (exact) mass is 402 g/mol. The van der Waals surface area contributed by atoms with E-state index in [-0.39, 0.29) is 11.1 Å². The summed E-state index contributed by atoms with van der Waals surface area (Å²) in [7, 11) is 0. The Kier molecular flexibility index (Phi) is 4.92. The minimum atomic E-state index is -0.276. The number of carbonyl (C=O) groups is 2. The number of hydrogen-bond donors (Lipinski definition) is 0. The van der Waals surface area contributed by atoms with E-state index in [1.165, 1.54) is 16.0 Å². The highest BCUT2D eigenvalue weighted by Crippen LogP contribution is 2.36. The second-order valence-electron chi connectivity index (χ2n) is 7.28. The molecule has 4 rings (SSSR count). The molecule has 29 heavy (non-hydrogen) atoms. The van der Waals surface area contributed by atoms with Crippen molar-refractivity contribution in [2.45, 2.75) is 27.7 Å². The van der Waals surface area contributed by atoms with E-state index in [0.29, 0.717) is 10.6 Å². The third-order valence-corrected chi connectivity index (χ3v) is 6.18. The number of amides is 2. The number of aryl methyl sites for hydroxylation is 3. The Morgan fingerprint density at radius 3 is 2.24 bits per heavy atom. The van der Waals surface area contributed by atoms with Gasteiger partial charge in [0.1, 0.15) is 0 Å². The van der Waals surface area contributed by atoms with Gasteiger partial charge in [0.05, 0.1) is 10.6 Å². The van der Waals surface area contributed by atoms with Crippen LogP contribution in [0.2, 0.25) is 0 Å². The Hall–Kier alpha value is -3.05. The van der Waals surface area contributed by atoms with Gasteiger partial charge >= 0.3 is 0 Å². The molecule has 0 aliphatic carbocycles. The third-order valence-electron chi connectivity index (χ3n) is 5.31. The van der Waals surface area contributed by atoms with Crippen molar-refractivity contribution in [1.29, 1.82) is 0 Å². The van der Waals surface area contributed by atoms with Crippen molar-refractivity contribution < 1.29 is 9.59 Å². The molecule has 1 aliphatic rings. The summed E-state index contributed by atoms with van der Waals surface area (Å²) in [5.74, 6) is -0.276. The van der Waals surface area contributed by atoms with Crippen molar-refractivity contribution in [3.8, 4) is 5.69 Å². The fourth-order valence-electron chi connectivity index (χ4n) is 3.60. The van der Waals surface area contributed by atoms with Crippen molar-refractivity contribution in [2.75, 3.05) is 4.90 Å². The highest BCUT2D eigenvalue weighted by molar-refractivity contribution is 8.19. The van der Waals surface area contributed by atoms with E-state index in [2.05, 4.69) is 49.6 Å². The SMILES string of the molecule is Cc1ccc(-n2c(C)cc(C=C3SC(=O)N(c4ccccc4)C3=O)c2C)cc1C. The maximum atomic E-state index is 12.9. The zero-order valence-electron chi connectivity index (χ0n) is 16.9. The lowest BCUT2D eigenvalue weighted by Crippen LogP contribution is -2.27. The van der Waals surface area contributed by atoms with Gasteiger partial charge in [-0.25, -0.2) is 4.90 Å². The van der Waals surface area contributed by atoms with Gasteiger partial charge in [-0.05, 0) is 92.6 Å². The molecule has 3 aromatic rings. The molecule has 1 aromatic heterocycles. The number of imide groups is 1. The van der Waals surface area contributed by atoms with Crippen LogP contribution in [0.5, 0.6) is 0 Å². The molecule has 1 aliphatic heterocycles. The van der Waals surface area contributed by atoms with E-state index in [9.17, 15) is 9.59 Å². The largest absolute Gasteiger partial charge is 0.318 e. The van der Waals surface area contributed by atoms with Crippen LogP contribution in [0.25, 0.3) is 11.8 Å². The van der Waals surface area contributed by atoms with E-state index in [1.807, 2.05) is 31.2 Å². The summed E-state index contributed by atoms with van der Waals surface area (Å²) in [6, 6.07) is 17.5. The predicted molar refractivity (Wildman–Crippen MR) is 120 cm³/mol. The van der Waals surface area contributed by atoms with E-state index >= 15 is 0 Å². The Morgan fingerprint density at radius 2 is 1.55 bits per heavy atom. The van der Waals surface area contributed by atoms with Gasteiger partial charge in [0.25, 0.3) is 11.1 Å².